The van der Waals surface area contributed by atoms with Crippen molar-refractivity contribution in [3.8, 4) is 11.3 Å². The largest absolute Gasteiger partial charge is 0.512 e. The van der Waals surface area contributed by atoms with Gasteiger partial charge >= 0.3 is 0 Å². The molecular formula is C45H58IrNO2S3-. The predicted octanol–water partition coefficient (Wildman–Crippen LogP) is 14.7. The van der Waals surface area contributed by atoms with Crippen molar-refractivity contribution in [3.63, 3.8) is 0 Å². The Hall–Kier alpha value is -2.02. The number of ketones is 1. The van der Waals surface area contributed by atoms with Crippen LogP contribution in [0, 0.1) is 22.8 Å². The zero-order chi connectivity index (χ0) is 37.5. The van der Waals surface area contributed by atoms with Gasteiger partial charge in [0.1, 0.15) is 5.76 Å². The number of carbonyl (C=O) groups excluding carboxylic acids is 1. The summed E-state index contributed by atoms with van der Waals surface area (Å²) >= 11 is 5.81. The maximum Gasteiger partial charge on any atom is 0.164 e. The van der Waals surface area contributed by atoms with E-state index in [0.29, 0.717) is 11.2 Å². The Balaban J connectivity index is 0.000000289. The molecule has 0 saturated carbocycles. The van der Waals surface area contributed by atoms with Crippen LogP contribution in [0.1, 0.15) is 132 Å². The Morgan fingerprint density at radius 1 is 0.962 bits per heavy atom. The first-order chi connectivity index (χ1) is 24.0. The Bertz CT molecular complexity index is 2060. The monoisotopic (exact) mass is 933 g/mol. The molecule has 1 N–H and O–H groups in total. The fourth-order valence-corrected chi connectivity index (χ4v) is 11.1. The summed E-state index contributed by atoms with van der Waals surface area (Å²) in [6.07, 6.45) is 8.02. The molecule has 283 valence electrons. The number of carbonyl (C=O) groups is 1. The number of benzene rings is 2. The molecule has 5 aromatic rings. The SMILES string of the molecule is CC(C)CC1Sc2ccc3sc4c(-c5[c-]c6ccsc6c(C(C)(C)C)c5)nccc4c3c2C1C.CCC(C)(CC)C(=O)/C=C(\O)C(C)(CC)CC.[Ir]. The van der Waals surface area contributed by atoms with Crippen molar-refractivity contribution in [1.82, 2.24) is 4.98 Å². The van der Waals surface area contributed by atoms with E-state index in [1.807, 2.05) is 70.4 Å². The number of rotatable bonds is 10. The fraction of sp³-hybridized carbons (Fsp3) is 0.511. The summed E-state index contributed by atoms with van der Waals surface area (Å²) in [7, 11) is 0. The van der Waals surface area contributed by atoms with Gasteiger partial charge in [-0.25, -0.2) is 0 Å². The fourth-order valence-electron chi connectivity index (χ4n) is 7.09. The molecule has 7 heteroatoms. The van der Waals surface area contributed by atoms with Crippen molar-refractivity contribution in [2.24, 2.45) is 16.7 Å². The van der Waals surface area contributed by atoms with Gasteiger partial charge in [0.2, 0.25) is 0 Å². The number of hydrogen-bond acceptors (Lipinski definition) is 6. The molecule has 0 spiro atoms. The summed E-state index contributed by atoms with van der Waals surface area (Å²) in [6.45, 7) is 26.1. The number of pyridine rings is 1. The Morgan fingerprint density at radius 2 is 1.62 bits per heavy atom. The van der Waals surface area contributed by atoms with Crippen LogP contribution in [-0.2, 0) is 30.3 Å². The minimum Gasteiger partial charge on any atom is -0.512 e. The van der Waals surface area contributed by atoms with E-state index in [2.05, 4.69) is 95.1 Å². The normalized spacial score (nSPS) is 16.7. The Labute approximate surface area is 338 Å². The number of nitrogens with zero attached hydrogens (tertiary/aromatic N) is 1. The van der Waals surface area contributed by atoms with E-state index < -0.39 is 0 Å². The van der Waals surface area contributed by atoms with Crippen molar-refractivity contribution in [3.05, 3.63) is 70.9 Å². The van der Waals surface area contributed by atoms with Crippen molar-refractivity contribution in [1.29, 1.82) is 0 Å². The molecule has 0 amide bonds. The maximum absolute atomic E-state index is 12.2. The van der Waals surface area contributed by atoms with Gasteiger partial charge in [0.25, 0.3) is 0 Å². The van der Waals surface area contributed by atoms with E-state index in [4.69, 9.17) is 4.98 Å². The van der Waals surface area contributed by atoms with E-state index in [0.717, 1.165) is 42.9 Å². The number of hydrogen-bond donors (Lipinski definition) is 1. The third kappa shape index (κ3) is 8.30. The third-order valence-corrected chi connectivity index (χ3v) is 15.3. The molecule has 3 aromatic heterocycles. The number of thiophene rings is 2. The molecule has 6 rings (SSSR count). The average Bonchev–Trinajstić information content (AvgIpc) is 3.81. The van der Waals surface area contributed by atoms with Gasteiger partial charge in [-0.15, -0.1) is 46.7 Å². The topological polar surface area (TPSA) is 50.2 Å². The van der Waals surface area contributed by atoms with E-state index in [1.165, 1.54) is 53.2 Å². The van der Waals surface area contributed by atoms with Gasteiger partial charge in [0, 0.05) is 73.8 Å². The first-order valence-electron chi connectivity index (χ1n) is 18.9. The minimum atomic E-state index is -0.337. The van der Waals surface area contributed by atoms with Crippen LogP contribution < -0.4 is 0 Å². The molecule has 2 atom stereocenters. The standard InChI is InChI=1S/C30H30NS3.C15H28O2.Ir/c1-16(2)13-24-17(3)25-22(33-24)7-8-23-26(25)20-9-11-31-27(29(20)34-23)19-14-18-10-12-32-28(18)21(15-19)30(4,5)6;1-7-14(5,8-2)12(16)11-13(17)15(6,9-3)10-4;/h7-12,15-17,24H,13H2,1-6H3;11,16H,7-10H2,1-6H3;/q-1;;/b;12-11-;. The van der Waals surface area contributed by atoms with E-state index in [-0.39, 0.29) is 47.9 Å². The van der Waals surface area contributed by atoms with Gasteiger partial charge in [-0.1, -0.05) is 94.2 Å². The number of aromatic nitrogens is 1. The summed E-state index contributed by atoms with van der Waals surface area (Å²) in [6, 6.07) is 15.2. The first-order valence-corrected chi connectivity index (χ1v) is 21.5. The summed E-state index contributed by atoms with van der Waals surface area (Å²) in [5.74, 6) is 1.58. The predicted molar refractivity (Wildman–Crippen MR) is 226 cm³/mol. The molecule has 3 nitrogen and oxygen atoms in total. The second kappa shape index (κ2) is 16.8. The molecule has 0 saturated heterocycles. The zero-order valence-electron chi connectivity index (χ0n) is 33.2. The van der Waals surface area contributed by atoms with Gasteiger partial charge in [0.15, 0.2) is 5.78 Å². The molecule has 1 radical (unpaired) electrons. The van der Waals surface area contributed by atoms with Crippen molar-refractivity contribution < 1.29 is 30.0 Å². The van der Waals surface area contributed by atoms with E-state index in [1.54, 1.807) is 5.56 Å². The van der Waals surface area contributed by atoms with Gasteiger partial charge in [-0.05, 0) is 88.6 Å². The Morgan fingerprint density at radius 3 is 2.21 bits per heavy atom. The maximum atomic E-state index is 12.2. The molecule has 0 fully saturated rings. The molecule has 2 aromatic carbocycles. The van der Waals surface area contributed by atoms with Crippen molar-refractivity contribution >= 4 is 70.5 Å². The zero-order valence-corrected chi connectivity index (χ0v) is 38.1. The van der Waals surface area contributed by atoms with Crippen molar-refractivity contribution in [2.75, 3.05) is 0 Å². The molecule has 1 aliphatic heterocycles. The molecule has 52 heavy (non-hydrogen) atoms. The smallest absolute Gasteiger partial charge is 0.164 e. The summed E-state index contributed by atoms with van der Waals surface area (Å²) < 4.78 is 4.02. The van der Waals surface area contributed by atoms with E-state index >= 15 is 0 Å². The molecule has 2 unspecified atom stereocenters. The van der Waals surface area contributed by atoms with Crippen molar-refractivity contribution in [2.45, 2.75) is 137 Å². The first kappa shape index (κ1) is 42.7. The van der Waals surface area contributed by atoms with E-state index in [9.17, 15) is 9.90 Å². The number of fused-ring (bicyclic) bond motifs is 6. The van der Waals surface area contributed by atoms with Crippen LogP contribution in [0.2, 0.25) is 0 Å². The minimum absolute atomic E-state index is 0. The van der Waals surface area contributed by atoms with Gasteiger partial charge < -0.3 is 5.11 Å². The van der Waals surface area contributed by atoms with Crippen LogP contribution >= 0.6 is 34.4 Å². The molecule has 1 aliphatic rings. The summed E-state index contributed by atoms with van der Waals surface area (Å²) in [5.41, 5.74) is 4.60. The summed E-state index contributed by atoms with van der Waals surface area (Å²) in [4.78, 5) is 18.6. The Kier molecular flexibility index (Phi) is 13.8. The second-order valence-corrected chi connectivity index (χ2v) is 19.8. The third-order valence-electron chi connectivity index (χ3n) is 11.7. The van der Waals surface area contributed by atoms with Crippen LogP contribution in [0.3, 0.4) is 0 Å². The number of allylic oxidation sites excluding steroid dienone is 2. The van der Waals surface area contributed by atoms with Crippen LogP contribution in [0.25, 0.3) is 41.5 Å². The van der Waals surface area contributed by atoms with Gasteiger partial charge in [-0.2, -0.15) is 11.3 Å². The molecular weight excluding hydrogens is 875 g/mol. The van der Waals surface area contributed by atoms with Crippen LogP contribution in [0.5, 0.6) is 0 Å². The number of aliphatic hydroxyl groups is 1. The van der Waals surface area contributed by atoms with Gasteiger partial charge in [-0.3, -0.25) is 9.78 Å². The number of aliphatic hydroxyl groups excluding tert-OH is 1. The molecule has 4 heterocycles. The van der Waals surface area contributed by atoms with Crippen LogP contribution in [0.15, 0.2) is 58.6 Å². The van der Waals surface area contributed by atoms with Crippen LogP contribution in [0.4, 0.5) is 0 Å². The van der Waals surface area contributed by atoms with Crippen LogP contribution in [-0.4, -0.2) is 21.1 Å². The number of thioether (sulfide) groups is 1. The summed E-state index contributed by atoms with van der Waals surface area (Å²) in [5, 5.41) is 17.0. The second-order valence-electron chi connectivity index (χ2n) is 16.5. The average molecular weight is 933 g/mol. The molecule has 0 aliphatic carbocycles. The molecule has 0 bridgehead atoms. The quantitative estimate of drug-likeness (QED) is 0.0861. The van der Waals surface area contributed by atoms with Gasteiger partial charge in [0.05, 0.1) is 0 Å².